The molecule has 0 aliphatic heterocycles. The molecular formula is C26H48OSn. The summed E-state index contributed by atoms with van der Waals surface area (Å²) in [6, 6.07) is 9.12. The standard InChI is InChI=1S/C14H21O.3C4H9.Sn/c1-3-4-5-9-12-14(2,15)13-10-7-6-8-11-13;3*1-3-4-2;/h6-8,10,15H,3-5,9,12H2,1-2H3;3*1,3-4H2,2H3;. The molecule has 0 saturated carbocycles. The molecule has 0 aromatic heterocycles. The number of rotatable bonds is 16. The van der Waals surface area contributed by atoms with Crippen LogP contribution in [0.15, 0.2) is 24.3 Å². The molecule has 2 heteroatoms. The fourth-order valence-electron chi connectivity index (χ4n) is 4.77. The van der Waals surface area contributed by atoms with Gasteiger partial charge in [0.25, 0.3) is 0 Å². The number of unbranched alkanes of at least 4 members (excludes halogenated alkanes) is 6. The van der Waals surface area contributed by atoms with Crippen molar-refractivity contribution in [2.75, 3.05) is 0 Å². The van der Waals surface area contributed by atoms with Crippen molar-refractivity contribution in [1.29, 1.82) is 0 Å². The van der Waals surface area contributed by atoms with Crippen molar-refractivity contribution in [3.8, 4) is 0 Å². The molecule has 28 heavy (non-hydrogen) atoms. The van der Waals surface area contributed by atoms with Crippen LogP contribution < -0.4 is 3.58 Å². The van der Waals surface area contributed by atoms with Gasteiger partial charge in [0.1, 0.15) is 0 Å². The fourth-order valence-corrected chi connectivity index (χ4v) is 22.0. The topological polar surface area (TPSA) is 20.2 Å². The summed E-state index contributed by atoms with van der Waals surface area (Å²) in [5.74, 6) is 0. The van der Waals surface area contributed by atoms with Crippen LogP contribution in [0.3, 0.4) is 0 Å². The molecule has 1 unspecified atom stereocenters. The van der Waals surface area contributed by atoms with Crippen LogP contribution in [0.4, 0.5) is 0 Å². The maximum atomic E-state index is 11.5. The van der Waals surface area contributed by atoms with E-state index < -0.39 is 24.0 Å². The number of aliphatic hydroxyl groups is 1. The van der Waals surface area contributed by atoms with Crippen molar-refractivity contribution in [3.63, 3.8) is 0 Å². The van der Waals surface area contributed by atoms with Crippen molar-refractivity contribution in [3.05, 3.63) is 29.8 Å². The SMILES string of the molecule is CCCCCCC(C)(O)c1cccc[c]1[Sn]([CH2]CCC)([CH2]CCC)[CH2]CCC. The van der Waals surface area contributed by atoms with Gasteiger partial charge in [-0.05, 0) is 0 Å². The predicted octanol–water partition coefficient (Wildman–Crippen LogP) is 7.92. The second-order valence-electron chi connectivity index (χ2n) is 9.22. The number of hydrogen-bond donors (Lipinski definition) is 1. The third kappa shape index (κ3) is 8.01. The van der Waals surface area contributed by atoms with Gasteiger partial charge in [0, 0.05) is 0 Å². The zero-order chi connectivity index (χ0) is 20.9. The number of benzene rings is 1. The van der Waals surface area contributed by atoms with Crippen molar-refractivity contribution in [1.82, 2.24) is 0 Å². The molecule has 1 atom stereocenters. The monoisotopic (exact) mass is 496 g/mol. The van der Waals surface area contributed by atoms with Crippen molar-refractivity contribution < 1.29 is 5.11 Å². The molecule has 0 saturated heterocycles. The van der Waals surface area contributed by atoms with Gasteiger partial charge < -0.3 is 0 Å². The molecule has 1 aromatic rings. The average molecular weight is 495 g/mol. The molecule has 162 valence electrons. The second kappa shape index (κ2) is 14.1. The Kier molecular flexibility index (Phi) is 13.1. The molecule has 1 N–H and O–H groups in total. The van der Waals surface area contributed by atoms with E-state index in [2.05, 4.69) is 58.9 Å². The summed E-state index contributed by atoms with van der Waals surface area (Å²) in [6.45, 7) is 11.4. The van der Waals surface area contributed by atoms with E-state index in [1.807, 2.05) is 0 Å². The van der Waals surface area contributed by atoms with Crippen LogP contribution in [0.1, 0.15) is 111 Å². The summed E-state index contributed by atoms with van der Waals surface area (Å²) in [5.41, 5.74) is 0.627. The van der Waals surface area contributed by atoms with Gasteiger partial charge in [0.15, 0.2) is 0 Å². The van der Waals surface area contributed by atoms with Gasteiger partial charge in [-0.15, -0.1) is 0 Å². The van der Waals surface area contributed by atoms with E-state index in [0.717, 1.165) is 12.8 Å². The van der Waals surface area contributed by atoms with E-state index in [1.54, 1.807) is 3.58 Å². The maximum absolute atomic E-state index is 11.5. The third-order valence-corrected chi connectivity index (χ3v) is 22.4. The molecule has 1 aromatic carbocycles. The zero-order valence-corrected chi connectivity index (χ0v) is 22.5. The first-order valence-electron chi connectivity index (χ1n) is 12.3. The summed E-state index contributed by atoms with van der Waals surface area (Å²) in [5, 5.41) is 11.5. The first-order chi connectivity index (χ1) is 13.5. The molecule has 0 spiro atoms. The molecular weight excluding hydrogens is 447 g/mol. The second-order valence-corrected chi connectivity index (χ2v) is 22.3. The van der Waals surface area contributed by atoms with Crippen LogP contribution in [0.2, 0.25) is 13.3 Å². The van der Waals surface area contributed by atoms with Gasteiger partial charge in [0.2, 0.25) is 0 Å². The Morgan fingerprint density at radius 2 is 1.21 bits per heavy atom. The quantitative estimate of drug-likeness (QED) is 0.183. The van der Waals surface area contributed by atoms with Crippen LogP contribution in [0.25, 0.3) is 0 Å². The van der Waals surface area contributed by atoms with Crippen LogP contribution in [-0.2, 0) is 5.60 Å². The minimum absolute atomic E-state index is 0.669. The Labute approximate surface area is 180 Å². The molecule has 0 heterocycles. The summed E-state index contributed by atoms with van der Waals surface area (Å²) in [6.07, 6.45) is 13.8. The Bertz CT molecular complexity index is 501. The molecule has 1 nitrogen and oxygen atoms in total. The van der Waals surface area contributed by atoms with Gasteiger partial charge in [-0.25, -0.2) is 0 Å². The molecule has 0 bridgehead atoms. The molecule has 0 radical (unpaired) electrons. The van der Waals surface area contributed by atoms with Crippen molar-refractivity contribution in [2.24, 2.45) is 0 Å². The molecule has 1 rings (SSSR count). The Balaban J connectivity index is 3.27. The summed E-state index contributed by atoms with van der Waals surface area (Å²) < 4.78 is 6.06. The fraction of sp³-hybridized carbons (Fsp3) is 0.769. The summed E-state index contributed by atoms with van der Waals surface area (Å²) >= 11 is -2.54. The van der Waals surface area contributed by atoms with E-state index in [0.29, 0.717) is 0 Å². The van der Waals surface area contributed by atoms with Gasteiger partial charge in [-0.2, -0.15) is 0 Å². The first-order valence-corrected chi connectivity index (χ1v) is 19.8. The Hall–Kier alpha value is -0.0213. The van der Waals surface area contributed by atoms with Crippen LogP contribution in [0.5, 0.6) is 0 Å². The van der Waals surface area contributed by atoms with Crippen LogP contribution in [0, 0.1) is 0 Å². The molecule has 0 fully saturated rings. The van der Waals surface area contributed by atoms with Gasteiger partial charge >= 0.3 is 181 Å². The first kappa shape index (κ1) is 26.0. The van der Waals surface area contributed by atoms with E-state index in [4.69, 9.17) is 0 Å². The molecule has 0 amide bonds. The third-order valence-electron chi connectivity index (χ3n) is 6.62. The zero-order valence-electron chi connectivity index (χ0n) is 19.7. The van der Waals surface area contributed by atoms with Crippen LogP contribution in [-0.4, -0.2) is 23.5 Å². The summed E-state index contributed by atoms with van der Waals surface area (Å²) in [7, 11) is 0. The Morgan fingerprint density at radius 1 is 0.714 bits per heavy atom. The van der Waals surface area contributed by atoms with Gasteiger partial charge in [-0.1, -0.05) is 0 Å². The van der Waals surface area contributed by atoms with Crippen LogP contribution >= 0.6 is 0 Å². The van der Waals surface area contributed by atoms with E-state index in [9.17, 15) is 5.11 Å². The van der Waals surface area contributed by atoms with E-state index in [1.165, 1.54) is 76.7 Å². The molecule has 0 aliphatic rings. The average Bonchev–Trinajstić information content (AvgIpc) is 2.71. The van der Waals surface area contributed by atoms with Gasteiger partial charge in [0.05, 0.1) is 0 Å². The van der Waals surface area contributed by atoms with E-state index >= 15 is 0 Å². The van der Waals surface area contributed by atoms with Gasteiger partial charge in [-0.3, -0.25) is 0 Å². The Morgan fingerprint density at radius 3 is 1.71 bits per heavy atom. The number of hydrogen-bond acceptors (Lipinski definition) is 1. The van der Waals surface area contributed by atoms with Crippen molar-refractivity contribution >= 4 is 22.0 Å². The summed E-state index contributed by atoms with van der Waals surface area (Å²) in [4.78, 5) is 0. The minimum atomic E-state index is -2.54. The van der Waals surface area contributed by atoms with E-state index in [-0.39, 0.29) is 0 Å². The molecule has 0 aliphatic carbocycles. The van der Waals surface area contributed by atoms with Crippen molar-refractivity contribution in [2.45, 2.75) is 124 Å². The normalized spacial score (nSPS) is 14.2. The predicted molar refractivity (Wildman–Crippen MR) is 129 cm³/mol.